The monoisotopic (exact) mass is 188 g/mol. The first-order chi connectivity index (χ1) is 5.58. The molecular formula is C10H24OSi. The maximum atomic E-state index is 9.68. The van der Waals surface area contributed by atoms with Gasteiger partial charge in [-0.2, -0.15) is 0 Å². The summed E-state index contributed by atoms with van der Waals surface area (Å²) in [6.07, 6.45) is 2.08. The van der Waals surface area contributed by atoms with Crippen molar-refractivity contribution in [2.24, 2.45) is 0 Å². The molecule has 0 spiro atoms. The fourth-order valence-electron chi connectivity index (χ4n) is 1.54. The van der Waals surface area contributed by atoms with Crippen molar-refractivity contribution in [2.75, 3.05) is 0 Å². The summed E-state index contributed by atoms with van der Waals surface area (Å²) < 4.78 is 0. The zero-order valence-electron chi connectivity index (χ0n) is 9.06. The molecule has 0 saturated heterocycles. The molecule has 0 aliphatic heterocycles. The van der Waals surface area contributed by atoms with Crippen LogP contribution in [0, 0.1) is 0 Å². The van der Waals surface area contributed by atoms with Gasteiger partial charge in [-0.15, -0.1) is 0 Å². The van der Waals surface area contributed by atoms with Gasteiger partial charge in [0, 0.05) is 0 Å². The van der Waals surface area contributed by atoms with Crippen LogP contribution in [0.4, 0.5) is 0 Å². The number of rotatable bonds is 6. The maximum absolute atomic E-state index is 9.68. The van der Waals surface area contributed by atoms with Gasteiger partial charge < -0.3 is 5.11 Å². The standard InChI is InChI=1S/C10H24OSi/c1-5-8-10(11)9-12(4,6-2)7-3/h10-11H,5-9H2,1-4H3. The Hall–Kier alpha value is 0.177. The highest BCUT2D eigenvalue weighted by molar-refractivity contribution is 6.78. The van der Waals surface area contributed by atoms with E-state index in [9.17, 15) is 5.11 Å². The fourth-order valence-corrected chi connectivity index (χ4v) is 3.96. The highest BCUT2D eigenvalue weighted by Crippen LogP contribution is 2.23. The summed E-state index contributed by atoms with van der Waals surface area (Å²) >= 11 is 0. The molecule has 1 unspecified atom stereocenters. The Labute approximate surface area is 78.2 Å². The largest absolute Gasteiger partial charge is 0.393 e. The van der Waals surface area contributed by atoms with Crippen molar-refractivity contribution in [1.29, 1.82) is 0 Å². The zero-order chi connectivity index (χ0) is 9.61. The molecule has 0 aromatic rings. The quantitative estimate of drug-likeness (QED) is 0.634. The predicted molar refractivity (Wildman–Crippen MR) is 58.3 cm³/mol. The summed E-state index contributed by atoms with van der Waals surface area (Å²) in [6, 6.07) is 3.72. The van der Waals surface area contributed by atoms with E-state index >= 15 is 0 Å². The van der Waals surface area contributed by atoms with E-state index in [4.69, 9.17) is 0 Å². The lowest BCUT2D eigenvalue weighted by atomic mass is 10.2. The van der Waals surface area contributed by atoms with Crippen molar-refractivity contribution >= 4 is 8.07 Å². The van der Waals surface area contributed by atoms with E-state index in [1.165, 1.54) is 12.1 Å². The molecule has 12 heavy (non-hydrogen) atoms. The summed E-state index contributed by atoms with van der Waals surface area (Å²) in [5, 5.41) is 9.68. The molecule has 74 valence electrons. The number of hydrogen-bond donors (Lipinski definition) is 1. The van der Waals surface area contributed by atoms with Crippen molar-refractivity contribution < 1.29 is 5.11 Å². The topological polar surface area (TPSA) is 20.2 Å². The molecule has 0 aliphatic rings. The minimum Gasteiger partial charge on any atom is -0.393 e. The molecule has 0 aromatic heterocycles. The normalized spacial score (nSPS) is 14.8. The van der Waals surface area contributed by atoms with Crippen molar-refractivity contribution in [3.05, 3.63) is 0 Å². The summed E-state index contributed by atoms with van der Waals surface area (Å²) in [5.41, 5.74) is 0. The van der Waals surface area contributed by atoms with Crippen LogP contribution < -0.4 is 0 Å². The minimum atomic E-state index is -1.05. The number of aliphatic hydroxyl groups excluding tert-OH is 1. The second-order valence-corrected chi connectivity index (χ2v) is 9.61. The van der Waals surface area contributed by atoms with Gasteiger partial charge >= 0.3 is 0 Å². The van der Waals surface area contributed by atoms with Gasteiger partial charge in [-0.25, -0.2) is 0 Å². The first-order valence-corrected chi connectivity index (χ1v) is 8.38. The van der Waals surface area contributed by atoms with Crippen LogP contribution in [-0.2, 0) is 0 Å². The number of aliphatic hydroxyl groups is 1. The Bertz CT molecular complexity index is 110. The van der Waals surface area contributed by atoms with Crippen LogP contribution in [0.5, 0.6) is 0 Å². The van der Waals surface area contributed by atoms with E-state index in [1.807, 2.05) is 0 Å². The van der Waals surface area contributed by atoms with Crippen molar-refractivity contribution in [3.8, 4) is 0 Å². The molecule has 0 radical (unpaired) electrons. The highest BCUT2D eigenvalue weighted by atomic mass is 28.3. The first kappa shape index (κ1) is 12.2. The maximum Gasteiger partial charge on any atom is 0.0525 e. The molecule has 0 rings (SSSR count). The van der Waals surface area contributed by atoms with E-state index < -0.39 is 8.07 Å². The number of hydrogen-bond acceptors (Lipinski definition) is 1. The lowest BCUT2D eigenvalue weighted by molar-refractivity contribution is 0.181. The molecule has 0 heterocycles. The van der Waals surface area contributed by atoms with Gasteiger partial charge in [0.05, 0.1) is 14.2 Å². The third-order valence-corrected chi connectivity index (χ3v) is 7.93. The Kier molecular flexibility index (Phi) is 5.84. The third kappa shape index (κ3) is 4.26. The van der Waals surface area contributed by atoms with Gasteiger partial charge in [-0.3, -0.25) is 0 Å². The van der Waals surface area contributed by atoms with Crippen LogP contribution in [0.15, 0.2) is 0 Å². The molecule has 2 heteroatoms. The van der Waals surface area contributed by atoms with E-state index in [0.29, 0.717) is 0 Å². The van der Waals surface area contributed by atoms with Crippen molar-refractivity contribution in [2.45, 2.75) is 64.4 Å². The van der Waals surface area contributed by atoms with Crippen LogP contribution in [0.1, 0.15) is 33.6 Å². The van der Waals surface area contributed by atoms with Gasteiger partial charge in [-0.1, -0.05) is 45.8 Å². The summed E-state index contributed by atoms with van der Waals surface area (Å²) in [6.45, 7) is 9.09. The summed E-state index contributed by atoms with van der Waals surface area (Å²) in [4.78, 5) is 0. The second-order valence-electron chi connectivity index (χ2n) is 4.16. The SMILES string of the molecule is CCCC(O)C[Si](C)(CC)CC. The molecule has 0 aliphatic carbocycles. The molecule has 0 amide bonds. The van der Waals surface area contributed by atoms with Gasteiger partial charge in [0.1, 0.15) is 0 Å². The molecule has 1 atom stereocenters. The second kappa shape index (κ2) is 5.76. The van der Waals surface area contributed by atoms with Crippen LogP contribution in [0.2, 0.25) is 24.7 Å². The van der Waals surface area contributed by atoms with E-state index in [1.54, 1.807) is 0 Å². The van der Waals surface area contributed by atoms with Crippen LogP contribution in [0.3, 0.4) is 0 Å². The summed E-state index contributed by atoms with van der Waals surface area (Å²) in [7, 11) is -1.05. The smallest absolute Gasteiger partial charge is 0.0525 e. The van der Waals surface area contributed by atoms with Crippen LogP contribution in [0.25, 0.3) is 0 Å². The average Bonchev–Trinajstić information content (AvgIpc) is 2.05. The van der Waals surface area contributed by atoms with Crippen LogP contribution >= 0.6 is 0 Å². The average molecular weight is 188 g/mol. The molecule has 0 fully saturated rings. The Balaban J connectivity index is 3.84. The molecule has 1 nitrogen and oxygen atoms in total. The Morgan fingerprint density at radius 3 is 2.00 bits per heavy atom. The van der Waals surface area contributed by atoms with Gasteiger partial charge in [-0.05, 0) is 12.5 Å². The molecule has 0 aromatic carbocycles. The minimum absolute atomic E-state index is 0.0217. The van der Waals surface area contributed by atoms with E-state index in [2.05, 4.69) is 27.3 Å². The lowest BCUT2D eigenvalue weighted by Gasteiger charge is -2.26. The first-order valence-electron chi connectivity index (χ1n) is 5.26. The van der Waals surface area contributed by atoms with Crippen LogP contribution in [-0.4, -0.2) is 19.3 Å². The predicted octanol–water partition coefficient (Wildman–Crippen LogP) is 3.27. The Morgan fingerprint density at radius 1 is 1.17 bits per heavy atom. The van der Waals surface area contributed by atoms with Crippen molar-refractivity contribution in [3.63, 3.8) is 0 Å². The summed E-state index contributed by atoms with van der Waals surface area (Å²) in [5.74, 6) is 0. The molecule has 0 bridgehead atoms. The van der Waals surface area contributed by atoms with E-state index in [-0.39, 0.29) is 6.10 Å². The molecular weight excluding hydrogens is 164 g/mol. The van der Waals surface area contributed by atoms with Gasteiger partial charge in [0.15, 0.2) is 0 Å². The zero-order valence-corrected chi connectivity index (χ0v) is 10.1. The fraction of sp³-hybridized carbons (Fsp3) is 1.00. The third-order valence-electron chi connectivity index (χ3n) is 3.06. The highest BCUT2D eigenvalue weighted by Gasteiger charge is 2.25. The van der Waals surface area contributed by atoms with Gasteiger partial charge in [0.2, 0.25) is 0 Å². The Morgan fingerprint density at radius 2 is 1.67 bits per heavy atom. The van der Waals surface area contributed by atoms with E-state index in [0.717, 1.165) is 18.9 Å². The molecule has 0 saturated carbocycles. The van der Waals surface area contributed by atoms with Gasteiger partial charge in [0.25, 0.3) is 0 Å². The lowest BCUT2D eigenvalue weighted by Crippen LogP contribution is -2.32. The van der Waals surface area contributed by atoms with Crippen molar-refractivity contribution in [1.82, 2.24) is 0 Å². The molecule has 1 N–H and O–H groups in total.